The van der Waals surface area contributed by atoms with E-state index >= 15 is 0 Å². The second-order valence-electron chi connectivity index (χ2n) is 5.30. The molecule has 2 amide bonds. The van der Waals surface area contributed by atoms with Crippen LogP contribution in [0, 0.1) is 17.6 Å². The fraction of sp³-hybridized carbons (Fsp3) is 0.462. The lowest BCUT2D eigenvalue weighted by Gasteiger charge is -2.50. The second-order valence-corrected chi connectivity index (χ2v) is 5.30. The summed E-state index contributed by atoms with van der Waals surface area (Å²) in [6.07, 6.45) is 0. The molecular formula is C13H17F2N3O. The Kier molecular flexibility index (Phi) is 3.45. The summed E-state index contributed by atoms with van der Waals surface area (Å²) in [6.45, 7) is 4.85. The summed E-state index contributed by atoms with van der Waals surface area (Å²) in [5.41, 5.74) is 5.66. The molecule has 0 bridgehead atoms. The Balaban J connectivity index is 1.96. The Morgan fingerprint density at radius 2 is 2.05 bits per heavy atom. The van der Waals surface area contributed by atoms with Crippen LogP contribution in [-0.4, -0.2) is 29.6 Å². The van der Waals surface area contributed by atoms with E-state index in [1.807, 2.05) is 13.8 Å². The molecule has 6 heteroatoms. The van der Waals surface area contributed by atoms with Crippen molar-refractivity contribution in [2.24, 2.45) is 11.7 Å². The predicted octanol–water partition coefficient (Wildman–Crippen LogP) is 2.17. The van der Waals surface area contributed by atoms with Gasteiger partial charge in [-0.1, -0.05) is 13.8 Å². The van der Waals surface area contributed by atoms with Gasteiger partial charge in [-0.25, -0.2) is 13.6 Å². The van der Waals surface area contributed by atoms with Crippen molar-refractivity contribution in [2.45, 2.75) is 19.4 Å². The molecule has 0 aliphatic carbocycles. The Morgan fingerprint density at radius 1 is 1.42 bits per heavy atom. The van der Waals surface area contributed by atoms with Gasteiger partial charge in [-0.3, -0.25) is 0 Å². The van der Waals surface area contributed by atoms with E-state index in [1.54, 1.807) is 0 Å². The van der Waals surface area contributed by atoms with Crippen molar-refractivity contribution in [1.82, 2.24) is 4.90 Å². The Bertz CT molecular complexity index is 499. The molecule has 1 fully saturated rings. The third-order valence-electron chi connectivity index (χ3n) is 3.58. The van der Waals surface area contributed by atoms with E-state index in [0.717, 1.165) is 12.1 Å². The molecule has 1 aromatic carbocycles. The first-order valence-corrected chi connectivity index (χ1v) is 6.12. The molecule has 1 aliphatic heterocycles. The first-order chi connectivity index (χ1) is 8.82. The molecule has 104 valence electrons. The molecule has 0 unspecified atom stereocenters. The summed E-state index contributed by atoms with van der Waals surface area (Å²) in [5.74, 6) is -1.21. The van der Waals surface area contributed by atoms with E-state index in [4.69, 9.17) is 5.73 Å². The van der Waals surface area contributed by atoms with Gasteiger partial charge in [0.1, 0.15) is 11.6 Å². The number of hydrogen-bond donors (Lipinski definition) is 2. The lowest BCUT2D eigenvalue weighted by Crippen LogP contribution is -2.71. The first-order valence-electron chi connectivity index (χ1n) is 6.12. The van der Waals surface area contributed by atoms with Gasteiger partial charge in [-0.15, -0.1) is 0 Å². The van der Waals surface area contributed by atoms with Crippen LogP contribution in [0.1, 0.15) is 13.8 Å². The topological polar surface area (TPSA) is 58.4 Å². The maximum Gasteiger partial charge on any atom is 0.322 e. The predicted molar refractivity (Wildman–Crippen MR) is 68.7 cm³/mol. The maximum absolute atomic E-state index is 13.4. The van der Waals surface area contributed by atoms with E-state index in [1.165, 1.54) is 11.0 Å². The van der Waals surface area contributed by atoms with Gasteiger partial charge in [0, 0.05) is 19.2 Å². The first kappa shape index (κ1) is 13.7. The minimum atomic E-state index is -0.795. The molecule has 19 heavy (non-hydrogen) atoms. The number of likely N-dealkylation sites (tertiary alicyclic amines) is 1. The Hall–Kier alpha value is -1.69. The van der Waals surface area contributed by atoms with Crippen LogP contribution in [0.15, 0.2) is 18.2 Å². The molecule has 3 N–H and O–H groups in total. The molecule has 2 rings (SSSR count). The molecular weight excluding hydrogens is 252 g/mol. The van der Waals surface area contributed by atoms with Gasteiger partial charge in [0.15, 0.2) is 0 Å². The number of anilines is 1. The van der Waals surface area contributed by atoms with Crippen LogP contribution in [0.2, 0.25) is 0 Å². The summed E-state index contributed by atoms with van der Waals surface area (Å²) in [7, 11) is 0. The highest BCUT2D eigenvalue weighted by atomic mass is 19.1. The standard InChI is InChI=1S/C13H17F2N3O/c1-8(2)13(16)6-18(7-13)12(19)17-11-4-3-9(14)5-10(11)15/h3-5,8H,6-7,16H2,1-2H3,(H,17,19). The van der Waals surface area contributed by atoms with Crippen molar-refractivity contribution in [3.8, 4) is 0 Å². The number of nitrogens with one attached hydrogen (secondary N) is 1. The van der Waals surface area contributed by atoms with Crippen LogP contribution in [-0.2, 0) is 0 Å². The number of carbonyl (C=O) groups is 1. The minimum absolute atomic E-state index is 0.0366. The Morgan fingerprint density at radius 3 is 2.58 bits per heavy atom. The smallest absolute Gasteiger partial charge is 0.322 e. The zero-order valence-corrected chi connectivity index (χ0v) is 10.9. The summed E-state index contributed by atoms with van der Waals surface area (Å²) in [4.78, 5) is 13.3. The van der Waals surface area contributed by atoms with E-state index in [-0.39, 0.29) is 17.1 Å². The normalized spacial score (nSPS) is 17.3. The van der Waals surface area contributed by atoms with Gasteiger partial charge in [0.25, 0.3) is 0 Å². The van der Waals surface area contributed by atoms with Gasteiger partial charge < -0.3 is 16.0 Å². The summed E-state index contributed by atoms with van der Waals surface area (Å²) in [6, 6.07) is 2.59. The zero-order chi connectivity index (χ0) is 14.2. The summed E-state index contributed by atoms with van der Waals surface area (Å²) >= 11 is 0. The van der Waals surface area contributed by atoms with Gasteiger partial charge in [0.2, 0.25) is 0 Å². The Labute approximate surface area is 110 Å². The average Bonchev–Trinajstić information content (AvgIpc) is 2.28. The highest BCUT2D eigenvalue weighted by Crippen LogP contribution is 2.27. The molecule has 0 aromatic heterocycles. The summed E-state index contributed by atoms with van der Waals surface area (Å²) in [5, 5.41) is 2.41. The molecule has 0 saturated carbocycles. The second kappa shape index (κ2) is 4.77. The lowest BCUT2D eigenvalue weighted by atomic mass is 9.80. The molecule has 1 aromatic rings. The highest BCUT2D eigenvalue weighted by molar-refractivity contribution is 5.90. The van der Waals surface area contributed by atoms with Gasteiger partial charge in [-0.05, 0) is 18.1 Å². The average molecular weight is 269 g/mol. The van der Waals surface area contributed by atoms with Crippen LogP contribution in [0.5, 0.6) is 0 Å². The number of urea groups is 1. The van der Waals surface area contributed by atoms with Crippen molar-refractivity contribution in [2.75, 3.05) is 18.4 Å². The third-order valence-corrected chi connectivity index (χ3v) is 3.58. The largest absolute Gasteiger partial charge is 0.322 e. The maximum atomic E-state index is 13.4. The highest BCUT2D eigenvalue weighted by Gasteiger charge is 2.44. The number of amides is 2. The van der Waals surface area contributed by atoms with Crippen molar-refractivity contribution >= 4 is 11.7 Å². The third kappa shape index (κ3) is 2.68. The zero-order valence-electron chi connectivity index (χ0n) is 10.9. The van der Waals surface area contributed by atoms with E-state index in [9.17, 15) is 13.6 Å². The molecule has 0 spiro atoms. The quantitative estimate of drug-likeness (QED) is 0.864. The van der Waals surface area contributed by atoms with Crippen molar-refractivity contribution in [3.05, 3.63) is 29.8 Å². The van der Waals surface area contributed by atoms with E-state index < -0.39 is 17.7 Å². The number of hydrogen-bond acceptors (Lipinski definition) is 2. The minimum Gasteiger partial charge on any atom is -0.322 e. The summed E-state index contributed by atoms with van der Waals surface area (Å²) < 4.78 is 26.1. The molecule has 0 radical (unpaired) electrons. The van der Waals surface area contributed by atoms with Gasteiger partial charge in [-0.2, -0.15) is 0 Å². The van der Waals surface area contributed by atoms with Gasteiger partial charge >= 0.3 is 6.03 Å². The number of carbonyl (C=O) groups excluding carboxylic acids is 1. The number of rotatable bonds is 2. The SMILES string of the molecule is CC(C)C1(N)CN(C(=O)Nc2ccc(F)cc2F)C1. The number of nitrogens with zero attached hydrogens (tertiary/aromatic N) is 1. The van der Waals surface area contributed by atoms with E-state index in [0.29, 0.717) is 13.1 Å². The molecule has 4 nitrogen and oxygen atoms in total. The van der Waals surface area contributed by atoms with Crippen LogP contribution in [0.3, 0.4) is 0 Å². The fourth-order valence-corrected chi connectivity index (χ4v) is 1.96. The van der Waals surface area contributed by atoms with Gasteiger partial charge in [0.05, 0.1) is 11.2 Å². The van der Waals surface area contributed by atoms with Crippen LogP contribution >= 0.6 is 0 Å². The lowest BCUT2D eigenvalue weighted by molar-refractivity contribution is 0.0721. The van der Waals surface area contributed by atoms with Crippen LogP contribution in [0.25, 0.3) is 0 Å². The van der Waals surface area contributed by atoms with Crippen LogP contribution < -0.4 is 11.1 Å². The van der Waals surface area contributed by atoms with Crippen molar-refractivity contribution in [1.29, 1.82) is 0 Å². The number of nitrogens with two attached hydrogens (primary N) is 1. The number of benzene rings is 1. The molecule has 1 aliphatic rings. The molecule has 0 atom stereocenters. The monoisotopic (exact) mass is 269 g/mol. The van der Waals surface area contributed by atoms with Crippen LogP contribution in [0.4, 0.5) is 19.3 Å². The van der Waals surface area contributed by atoms with Crippen molar-refractivity contribution < 1.29 is 13.6 Å². The molecule has 1 heterocycles. The van der Waals surface area contributed by atoms with Crippen molar-refractivity contribution in [3.63, 3.8) is 0 Å². The molecule has 1 saturated heterocycles. The number of halogens is 2. The van der Waals surface area contributed by atoms with E-state index in [2.05, 4.69) is 5.32 Å². The fourth-order valence-electron chi connectivity index (χ4n) is 1.96.